The molecule has 35 heavy (non-hydrogen) atoms. The Balaban J connectivity index is 2.47. The summed E-state index contributed by atoms with van der Waals surface area (Å²) in [5, 5.41) is 2.92. The van der Waals surface area contributed by atoms with Crippen LogP contribution in [0.5, 0.6) is 5.75 Å². The van der Waals surface area contributed by atoms with Crippen LogP contribution >= 0.6 is 0 Å². The van der Waals surface area contributed by atoms with E-state index >= 15 is 0 Å². The lowest BCUT2D eigenvalue weighted by Crippen LogP contribution is -2.52. The van der Waals surface area contributed by atoms with Crippen LogP contribution in [0.4, 0.5) is 5.69 Å². The highest BCUT2D eigenvalue weighted by Crippen LogP contribution is 2.31. The molecule has 0 aliphatic rings. The fourth-order valence-electron chi connectivity index (χ4n) is 3.61. The van der Waals surface area contributed by atoms with Crippen molar-refractivity contribution >= 4 is 27.5 Å². The van der Waals surface area contributed by atoms with E-state index in [0.717, 1.165) is 33.7 Å². The molecule has 0 aromatic heterocycles. The van der Waals surface area contributed by atoms with Crippen molar-refractivity contribution < 1.29 is 22.7 Å². The summed E-state index contributed by atoms with van der Waals surface area (Å²) in [5.74, 6) is -0.448. The molecule has 9 heteroatoms. The lowest BCUT2D eigenvalue weighted by molar-refractivity contribution is -0.139. The van der Waals surface area contributed by atoms with Gasteiger partial charge in [-0.05, 0) is 62.9 Å². The number of sulfonamides is 1. The fraction of sp³-hybridized carbons (Fsp3) is 0.462. The highest BCUT2D eigenvalue weighted by atomic mass is 32.2. The SMILES string of the molecule is CC[C@H](C)NC(=O)[C@@H](C)N(Cc1ccccc1C)C(=O)CN(c1cc(C)ccc1OC)S(C)(=O)=O. The molecule has 8 nitrogen and oxygen atoms in total. The third-order valence-electron chi connectivity index (χ3n) is 6.05. The summed E-state index contributed by atoms with van der Waals surface area (Å²) in [5.41, 5.74) is 2.94. The number of methoxy groups -OCH3 is 1. The van der Waals surface area contributed by atoms with Crippen molar-refractivity contribution in [1.29, 1.82) is 0 Å². The number of carbonyl (C=O) groups is 2. The molecule has 0 heterocycles. The van der Waals surface area contributed by atoms with Crippen molar-refractivity contribution in [2.75, 3.05) is 24.2 Å². The van der Waals surface area contributed by atoms with Crippen molar-refractivity contribution in [3.05, 3.63) is 59.2 Å². The molecule has 0 aliphatic heterocycles. The highest BCUT2D eigenvalue weighted by molar-refractivity contribution is 7.92. The number of nitrogens with one attached hydrogen (secondary N) is 1. The molecule has 2 aromatic carbocycles. The average molecular weight is 504 g/mol. The van der Waals surface area contributed by atoms with Gasteiger partial charge in [0.1, 0.15) is 18.3 Å². The normalized spacial score (nSPS) is 13.0. The van der Waals surface area contributed by atoms with Gasteiger partial charge in [-0.15, -0.1) is 0 Å². The Morgan fingerprint density at radius 3 is 2.31 bits per heavy atom. The quantitative estimate of drug-likeness (QED) is 0.507. The summed E-state index contributed by atoms with van der Waals surface area (Å²) >= 11 is 0. The molecule has 0 radical (unpaired) electrons. The minimum absolute atomic E-state index is 0.0514. The van der Waals surface area contributed by atoms with E-state index in [1.165, 1.54) is 12.0 Å². The minimum Gasteiger partial charge on any atom is -0.495 e. The Kier molecular flexibility index (Phi) is 9.71. The highest BCUT2D eigenvalue weighted by Gasteiger charge is 2.31. The molecule has 2 atom stereocenters. The lowest BCUT2D eigenvalue weighted by Gasteiger charge is -2.32. The van der Waals surface area contributed by atoms with Crippen molar-refractivity contribution in [3.63, 3.8) is 0 Å². The first-order valence-corrected chi connectivity index (χ1v) is 13.5. The molecule has 2 amide bonds. The summed E-state index contributed by atoms with van der Waals surface area (Å²) in [6.07, 6.45) is 1.80. The van der Waals surface area contributed by atoms with E-state index in [0.29, 0.717) is 5.75 Å². The zero-order chi connectivity index (χ0) is 26.3. The van der Waals surface area contributed by atoms with Crippen LogP contribution in [0, 0.1) is 13.8 Å². The third-order valence-corrected chi connectivity index (χ3v) is 7.18. The van der Waals surface area contributed by atoms with Gasteiger partial charge in [-0.3, -0.25) is 13.9 Å². The standard InChI is InChI=1S/C26H37N3O5S/c1-8-20(4)27-26(31)21(5)28(16-22-12-10-9-11-19(22)3)25(30)17-29(35(7,32)33)23-15-18(2)13-14-24(23)34-6/h9-15,20-21H,8,16-17H2,1-7H3,(H,27,31)/t20-,21+/m0/s1. The van der Waals surface area contributed by atoms with Gasteiger partial charge >= 0.3 is 0 Å². The van der Waals surface area contributed by atoms with Gasteiger partial charge in [0, 0.05) is 12.6 Å². The van der Waals surface area contributed by atoms with Gasteiger partial charge in [0.05, 0.1) is 19.1 Å². The molecule has 0 bridgehead atoms. The number of hydrogen-bond donors (Lipinski definition) is 1. The van der Waals surface area contributed by atoms with Crippen LogP contribution in [0.1, 0.15) is 43.9 Å². The second-order valence-corrected chi connectivity index (χ2v) is 10.8. The van der Waals surface area contributed by atoms with Crippen LogP contribution in [0.3, 0.4) is 0 Å². The van der Waals surface area contributed by atoms with Crippen LogP contribution in [0.25, 0.3) is 0 Å². The van der Waals surface area contributed by atoms with Gasteiger partial charge in [0.15, 0.2) is 0 Å². The number of benzene rings is 2. The maximum absolute atomic E-state index is 13.7. The van der Waals surface area contributed by atoms with Gasteiger partial charge in [-0.1, -0.05) is 37.3 Å². The number of rotatable bonds is 11. The third kappa shape index (κ3) is 7.45. The fourth-order valence-corrected chi connectivity index (χ4v) is 4.45. The second kappa shape index (κ2) is 12.1. The molecule has 2 aromatic rings. The molecule has 0 spiro atoms. The van der Waals surface area contributed by atoms with Crippen molar-refractivity contribution in [2.45, 2.75) is 59.7 Å². The molecule has 0 fully saturated rings. The number of ether oxygens (including phenoxy) is 1. The predicted molar refractivity (Wildman–Crippen MR) is 139 cm³/mol. The predicted octanol–water partition coefficient (Wildman–Crippen LogP) is 3.41. The van der Waals surface area contributed by atoms with E-state index in [9.17, 15) is 18.0 Å². The van der Waals surface area contributed by atoms with Crippen molar-refractivity contribution in [2.24, 2.45) is 0 Å². The van der Waals surface area contributed by atoms with Gasteiger partial charge in [0.25, 0.3) is 0 Å². The van der Waals surface area contributed by atoms with Crippen LogP contribution in [-0.2, 0) is 26.2 Å². The Bertz CT molecular complexity index is 1150. The maximum atomic E-state index is 13.7. The second-order valence-electron chi connectivity index (χ2n) is 8.89. The number of nitrogens with zero attached hydrogens (tertiary/aromatic N) is 2. The van der Waals surface area contributed by atoms with Crippen LogP contribution in [-0.4, -0.2) is 57.1 Å². The van der Waals surface area contributed by atoms with E-state index in [1.54, 1.807) is 25.1 Å². The number of amides is 2. The lowest BCUT2D eigenvalue weighted by atomic mass is 10.1. The molecule has 0 unspecified atom stereocenters. The Morgan fingerprint density at radius 2 is 1.74 bits per heavy atom. The van der Waals surface area contributed by atoms with Crippen molar-refractivity contribution in [1.82, 2.24) is 10.2 Å². The van der Waals surface area contributed by atoms with Crippen LogP contribution in [0.2, 0.25) is 0 Å². The number of anilines is 1. The van der Waals surface area contributed by atoms with E-state index in [-0.39, 0.29) is 24.2 Å². The zero-order valence-corrected chi connectivity index (χ0v) is 22.5. The molecule has 0 saturated carbocycles. The summed E-state index contributed by atoms with van der Waals surface area (Å²) in [6, 6.07) is 11.9. The van der Waals surface area contributed by atoms with E-state index < -0.39 is 28.5 Å². The molecular weight excluding hydrogens is 466 g/mol. The summed E-state index contributed by atoms with van der Waals surface area (Å²) in [4.78, 5) is 28.1. The zero-order valence-electron chi connectivity index (χ0n) is 21.7. The average Bonchev–Trinajstić information content (AvgIpc) is 2.80. The monoisotopic (exact) mass is 503 g/mol. The molecule has 0 aliphatic carbocycles. The molecular formula is C26H37N3O5S. The summed E-state index contributed by atoms with van der Waals surface area (Å²) < 4.78 is 32.0. The number of hydrogen-bond acceptors (Lipinski definition) is 5. The van der Waals surface area contributed by atoms with E-state index in [2.05, 4.69) is 5.32 Å². The largest absolute Gasteiger partial charge is 0.495 e. The van der Waals surface area contributed by atoms with E-state index in [1.807, 2.05) is 52.0 Å². The first-order valence-electron chi connectivity index (χ1n) is 11.7. The van der Waals surface area contributed by atoms with Gasteiger partial charge < -0.3 is 15.0 Å². The Labute approximate surface area is 209 Å². The molecule has 0 saturated heterocycles. The first kappa shape index (κ1) is 28.2. The van der Waals surface area contributed by atoms with Gasteiger partial charge in [-0.2, -0.15) is 0 Å². The molecule has 1 N–H and O–H groups in total. The van der Waals surface area contributed by atoms with Gasteiger partial charge in [-0.25, -0.2) is 8.42 Å². The number of carbonyl (C=O) groups excluding carboxylic acids is 2. The summed E-state index contributed by atoms with van der Waals surface area (Å²) in [6.45, 7) is 8.98. The Morgan fingerprint density at radius 1 is 1.09 bits per heavy atom. The smallest absolute Gasteiger partial charge is 0.244 e. The Hall–Kier alpha value is -3.07. The van der Waals surface area contributed by atoms with Crippen LogP contribution < -0.4 is 14.4 Å². The molecule has 192 valence electrons. The van der Waals surface area contributed by atoms with Crippen molar-refractivity contribution in [3.8, 4) is 5.75 Å². The van der Waals surface area contributed by atoms with E-state index in [4.69, 9.17) is 4.74 Å². The topological polar surface area (TPSA) is 96.0 Å². The van der Waals surface area contributed by atoms with Gasteiger partial charge in [0.2, 0.25) is 21.8 Å². The minimum atomic E-state index is -3.84. The maximum Gasteiger partial charge on any atom is 0.244 e. The van der Waals surface area contributed by atoms with Crippen LogP contribution in [0.15, 0.2) is 42.5 Å². The first-order chi connectivity index (χ1) is 16.4. The molecule has 2 rings (SSSR count). The number of aryl methyl sites for hydroxylation is 2. The summed E-state index contributed by atoms with van der Waals surface area (Å²) in [7, 11) is -2.39.